The van der Waals surface area contributed by atoms with Gasteiger partial charge in [0.2, 0.25) is 0 Å². The van der Waals surface area contributed by atoms with E-state index >= 15 is 0 Å². The van der Waals surface area contributed by atoms with Crippen LogP contribution in [0.5, 0.6) is 0 Å². The predicted octanol–water partition coefficient (Wildman–Crippen LogP) is 1.94. The fraction of sp³-hybridized carbons (Fsp3) is 0.600. The van der Waals surface area contributed by atoms with Gasteiger partial charge in [0.1, 0.15) is 0 Å². The SMILES string of the molecule is N#CCCN(Cc1cccnc1)CC1CCCCN1. The van der Waals surface area contributed by atoms with Crippen LogP contribution in [0.1, 0.15) is 31.2 Å². The van der Waals surface area contributed by atoms with E-state index in [1.807, 2.05) is 12.3 Å². The predicted molar refractivity (Wildman–Crippen MR) is 75.4 cm³/mol. The first-order valence-corrected chi connectivity index (χ1v) is 7.10. The Labute approximate surface area is 115 Å². The molecule has 1 aliphatic rings. The largest absolute Gasteiger partial charge is 0.313 e. The monoisotopic (exact) mass is 258 g/mol. The Morgan fingerprint density at radius 1 is 1.47 bits per heavy atom. The van der Waals surface area contributed by atoms with Crippen LogP contribution in [0, 0.1) is 11.3 Å². The van der Waals surface area contributed by atoms with Crippen LogP contribution < -0.4 is 5.32 Å². The van der Waals surface area contributed by atoms with E-state index in [1.54, 1.807) is 6.20 Å². The fourth-order valence-corrected chi connectivity index (χ4v) is 2.58. The van der Waals surface area contributed by atoms with Crippen LogP contribution in [-0.4, -0.2) is 35.6 Å². The lowest BCUT2D eigenvalue weighted by molar-refractivity contribution is 0.220. The topological polar surface area (TPSA) is 52.0 Å². The van der Waals surface area contributed by atoms with Crippen molar-refractivity contribution in [2.24, 2.45) is 0 Å². The first-order valence-electron chi connectivity index (χ1n) is 7.10. The summed E-state index contributed by atoms with van der Waals surface area (Å²) in [5.74, 6) is 0. The molecule has 1 N–H and O–H groups in total. The molecule has 19 heavy (non-hydrogen) atoms. The number of pyridine rings is 1. The molecule has 0 spiro atoms. The quantitative estimate of drug-likeness (QED) is 0.847. The molecule has 0 saturated carbocycles. The number of hydrogen-bond acceptors (Lipinski definition) is 4. The van der Waals surface area contributed by atoms with Crippen molar-refractivity contribution in [3.05, 3.63) is 30.1 Å². The maximum atomic E-state index is 8.78. The second-order valence-electron chi connectivity index (χ2n) is 5.15. The van der Waals surface area contributed by atoms with Crippen molar-refractivity contribution in [2.45, 2.75) is 38.3 Å². The van der Waals surface area contributed by atoms with Crippen molar-refractivity contribution < 1.29 is 0 Å². The van der Waals surface area contributed by atoms with Crippen molar-refractivity contribution >= 4 is 0 Å². The molecule has 2 heterocycles. The van der Waals surface area contributed by atoms with Crippen LogP contribution in [0.2, 0.25) is 0 Å². The number of nitriles is 1. The number of piperidine rings is 1. The van der Waals surface area contributed by atoms with Crippen molar-refractivity contribution in [2.75, 3.05) is 19.6 Å². The highest BCUT2D eigenvalue weighted by Crippen LogP contribution is 2.11. The molecule has 1 atom stereocenters. The molecule has 0 aliphatic carbocycles. The molecule has 1 fully saturated rings. The summed E-state index contributed by atoms with van der Waals surface area (Å²) in [4.78, 5) is 6.52. The smallest absolute Gasteiger partial charge is 0.0635 e. The zero-order chi connectivity index (χ0) is 13.3. The molecule has 2 rings (SSSR count). The standard InChI is InChI=1S/C15H22N4/c16-7-4-10-19(12-14-5-3-8-17-11-14)13-15-6-1-2-9-18-15/h3,5,8,11,15,18H,1-2,4,6,9-10,12-13H2. The molecule has 0 bridgehead atoms. The number of aromatic nitrogens is 1. The number of nitrogens with zero attached hydrogens (tertiary/aromatic N) is 3. The summed E-state index contributed by atoms with van der Waals surface area (Å²) >= 11 is 0. The third-order valence-electron chi connectivity index (χ3n) is 3.56. The Hall–Kier alpha value is -1.44. The van der Waals surface area contributed by atoms with Crippen LogP contribution in [0.15, 0.2) is 24.5 Å². The van der Waals surface area contributed by atoms with Gasteiger partial charge in [-0.25, -0.2) is 0 Å². The van der Waals surface area contributed by atoms with Gasteiger partial charge in [0.15, 0.2) is 0 Å². The lowest BCUT2D eigenvalue weighted by Gasteiger charge is -2.30. The van der Waals surface area contributed by atoms with E-state index in [0.717, 1.165) is 26.2 Å². The minimum Gasteiger partial charge on any atom is -0.313 e. The molecule has 0 aromatic carbocycles. The van der Waals surface area contributed by atoms with E-state index in [-0.39, 0.29) is 0 Å². The zero-order valence-electron chi connectivity index (χ0n) is 11.4. The molecule has 4 nitrogen and oxygen atoms in total. The van der Waals surface area contributed by atoms with E-state index in [9.17, 15) is 0 Å². The maximum Gasteiger partial charge on any atom is 0.0635 e. The van der Waals surface area contributed by atoms with Crippen LogP contribution in [0.3, 0.4) is 0 Å². The van der Waals surface area contributed by atoms with Gasteiger partial charge >= 0.3 is 0 Å². The highest BCUT2D eigenvalue weighted by atomic mass is 15.1. The van der Waals surface area contributed by atoms with Gasteiger partial charge < -0.3 is 5.32 Å². The zero-order valence-corrected chi connectivity index (χ0v) is 11.4. The molecule has 1 aromatic rings. The van der Waals surface area contributed by atoms with E-state index in [4.69, 9.17) is 5.26 Å². The Bertz CT molecular complexity index is 392. The van der Waals surface area contributed by atoms with Crippen LogP contribution >= 0.6 is 0 Å². The van der Waals surface area contributed by atoms with Crippen LogP contribution in [0.25, 0.3) is 0 Å². The van der Waals surface area contributed by atoms with Crippen molar-refractivity contribution in [3.63, 3.8) is 0 Å². The summed E-state index contributed by atoms with van der Waals surface area (Å²) in [6, 6.07) is 6.88. The lowest BCUT2D eigenvalue weighted by Crippen LogP contribution is -2.43. The maximum absolute atomic E-state index is 8.78. The van der Waals surface area contributed by atoms with Gasteiger partial charge in [0, 0.05) is 44.5 Å². The van der Waals surface area contributed by atoms with Gasteiger partial charge in [-0.05, 0) is 31.0 Å². The van der Waals surface area contributed by atoms with Crippen molar-refractivity contribution in [1.29, 1.82) is 5.26 Å². The third kappa shape index (κ3) is 4.98. The molecule has 102 valence electrons. The average Bonchev–Trinajstić information content (AvgIpc) is 2.47. The molecule has 0 radical (unpaired) electrons. The summed E-state index contributed by atoms with van der Waals surface area (Å²) in [5.41, 5.74) is 1.22. The summed E-state index contributed by atoms with van der Waals surface area (Å²) in [6.07, 6.45) is 8.15. The van der Waals surface area contributed by atoms with E-state index < -0.39 is 0 Å². The number of nitrogens with one attached hydrogen (secondary N) is 1. The number of rotatable bonds is 6. The molecular weight excluding hydrogens is 236 g/mol. The lowest BCUT2D eigenvalue weighted by atomic mass is 10.0. The first kappa shape index (κ1) is 14.0. The Morgan fingerprint density at radius 3 is 3.11 bits per heavy atom. The molecule has 1 saturated heterocycles. The molecule has 1 unspecified atom stereocenters. The molecular formula is C15H22N4. The van der Waals surface area contributed by atoms with E-state index in [0.29, 0.717) is 12.5 Å². The van der Waals surface area contributed by atoms with Crippen molar-refractivity contribution in [3.8, 4) is 6.07 Å². The highest BCUT2D eigenvalue weighted by molar-refractivity contribution is 5.08. The minimum absolute atomic E-state index is 0.573. The normalized spacial score (nSPS) is 19.3. The summed E-state index contributed by atoms with van der Waals surface area (Å²) in [6.45, 7) is 3.87. The summed E-state index contributed by atoms with van der Waals surface area (Å²) < 4.78 is 0. The van der Waals surface area contributed by atoms with E-state index in [2.05, 4.69) is 27.3 Å². The minimum atomic E-state index is 0.573. The third-order valence-corrected chi connectivity index (χ3v) is 3.56. The van der Waals surface area contributed by atoms with Gasteiger partial charge in [-0.2, -0.15) is 5.26 Å². The fourth-order valence-electron chi connectivity index (χ4n) is 2.58. The van der Waals surface area contributed by atoms with Gasteiger partial charge in [-0.15, -0.1) is 0 Å². The van der Waals surface area contributed by atoms with Gasteiger partial charge in [-0.3, -0.25) is 9.88 Å². The molecule has 1 aliphatic heterocycles. The van der Waals surface area contributed by atoms with Gasteiger partial charge in [0.25, 0.3) is 0 Å². The van der Waals surface area contributed by atoms with Crippen molar-refractivity contribution in [1.82, 2.24) is 15.2 Å². The summed E-state index contributed by atoms with van der Waals surface area (Å²) in [7, 11) is 0. The molecule has 4 heteroatoms. The van der Waals surface area contributed by atoms with Gasteiger partial charge in [-0.1, -0.05) is 12.5 Å². The second-order valence-corrected chi connectivity index (χ2v) is 5.15. The molecule has 0 amide bonds. The summed E-state index contributed by atoms with van der Waals surface area (Å²) in [5, 5.41) is 12.4. The first-order chi connectivity index (χ1) is 9.38. The highest BCUT2D eigenvalue weighted by Gasteiger charge is 2.16. The average molecular weight is 258 g/mol. The Balaban J connectivity index is 1.89. The molecule has 1 aromatic heterocycles. The Morgan fingerprint density at radius 2 is 2.42 bits per heavy atom. The second kappa shape index (κ2) is 7.88. The Kier molecular flexibility index (Phi) is 5.80. The van der Waals surface area contributed by atoms with Crippen LogP contribution in [-0.2, 0) is 6.54 Å². The van der Waals surface area contributed by atoms with Crippen LogP contribution in [0.4, 0.5) is 0 Å². The van der Waals surface area contributed by atoms with E-state index in [1.165, 1.54) is 24.8 Å². The number of hydrogen-bond donors (Lipinski definition) is 1. The van der Waals surface area contributed by atoms with Gasteiger partial charge in [0.05, 0.1) is 6.07 Å².